The summed E-state index contributed by atoms with van der Waals surface area (Å²) in [6, 6.07) is 15.5. The largest absolute Gasteiger partial charge is 0.474 e. The summed E-state index contributed by atoms with van der Waals surface area (Å²) in [7, 11) is 0. The van der Waals surface area contributed by atoms with E-state index in [1.807, 2.05) is 55.5 Å². The lowest BCUT2D eigenvalue weighted by atomic mass is 10.0. The molecular weight excluding hydrogens is 318 g/mol. The van der Waals surface area contributed by atoms with E-state index in [-0.39, 0.29) is 12.2 Å². The summed E-state index contributed by atoms with van der Waals surface area (Å²) in [5.74, 6) is 0.683. The van der Waals surface area contributed by atoms with Gasteiger partial charge in [0.05, 0.1) is 18.9 Å². The van der Waals surface area contributed by atoms with E-state index < -0.39 is 6.10 Å². The molecule has 1 amide bonds. The normalized spacial score (nSPS) is 20.4. The molecule has 1 unspecified atom stereocenters. The predicted octanol–water partition coefficient (Wildman–Crippen LogP) is 3.22. The predicted molar refractivity (Wildman–Crippen MR) is 93.7 cm³/mol. The van der Waals surface area contributed by atoms with Crippen LogP contribution in [0.25, 0.3) is 0 Å². The molecule has 0 saturated carbocycles. The number of anilines is 1. The van der Waals surface area contributed by atoms with Crippen LogP contribution >= 0.6 is 0 Å². The van der Waals surface area contributed by atoms with Crippen molar-refractivity contribution in [2.45, 2.75) is 25.7 Å². The number of ether oxygens (including phenoxy) is 3. The van der Waals surface area contributed by atoms with Gasteiger partial charge in [0.1, 0.15) is 5.75 Å². The summed E-state index contributed by atoms with van der Waals surface area (Å²) >= 11 is 0. The van der Waals surface area contributed by atoms with Gasteiger partial charge < -0.3 is 19.1 Å². The van der Waals surface area contributed by atoms with Gasteiger partial charge >= 0.3 is 0 Å². The quantitative estimate of drug-likeness (QED) is 0.858. The lowest BCUT2D eigenvalue weighted by molar-refractivity contribution is -0.127. The summed E-state index contributed by atoms with van der Waals surface area (Å²) in [5.41, 5.74) is 2.76. The summed E-state index contributed by atoms with van der Waals surface area (Å²) < 4.78 is 17.1. The van der Waals surface area contributed by atoms with Gasteiger partial charge in [-0.15, -0.1) is 0 Å². The number of benzene rings is 2. The van der Waals surface area contributed by atoms with Crippen LogP contribution in [0.1, 0.15) is 23.7 Å². The number of carbonyl (C=O) groups excluding carboxylic acids is 1. The van der Waals surface area contributed by atoms with Crippen molar-refractivity contribution in [3.63, 3.8) is 0 Å². The topological polar surface area (TPSA) is 48.0 Å². The monoisotopic (exact) mass is 339 g/mol. The summed E-state index contributed by atoms with van der Waals surface area (Å²) in [6.07, 6.45) is -0.221. The molecule has 0 radical (unpaired) electrons. The standard InChI is InChI=1S/C20H21NO4/c1-14-7-8-16-17(13-14)25-19(15-5-3-2-4-6-15)20(22)21(16)10-9-18-23-11-12-24-18/h2-8,13,18-19H,9-12H2,1H3. The smallest absolute Gasteiger partial charge is 0.272 e. The second-order valence-corrected chi connectivity index (χ2v) is 6.33. The number of nitrogens with zero attached hydrogens (tertiary/aromatic N) is 1. The van der Waals surface area contributed by atoms with Gasteiger partial charge in [-0.25, -0.2) is 0 Å². The highest BCUT2D eigenvalue weighted by Crippen LogP contribution is 2.39. The lowest BCUT2D eigenvalue weighted by Gasteiger charge is -2.35. The first-order chi connectivity index (χ1) is 12.2. The zero-order valence-corrected chi connectivity index (χ0v) is 14.2. The van der Waals surface area contributed by atoms with E-state index in [9.17, 15) is 4.79 Å². The number of fused-ring (bicyclic) bond motifs is 1. The number of carbonyl (C=O) groups is 1. The molecule has 0 spiro atoms. The van der Waals surface area contributed by atoms with E-state index >= 15 is 0 Å². The van der Waals surface area contributed by atoms with E-state index in [1.54, 1.807) is 4.90 Å². The molecule has 2 heterocycles. The molecule has 0 aliphatic carbocycles. The third-order valence-corrected chi connectivity index (χ3v) is 4.52. The Hall–Kier alpha value is -2.37. The van der Waals surface area contributed by atoms with Crippen LogP contribution in [0.2, 0.25) is 0 Å². The molecule has 1 atom stereocenters. The Kier molecular flexibility index (Phi) is 4.42. The molecule has 0 bridgehead atoms. The van der Waals surface area contributed by atoms with E-state index in [2.05, 4.69) is 0 Å². The van der Waals surface area contributed by atoms with Crippen LogP contribution in [0, 0.1) is 6.92 Å². The van der Waals surface area contributed by atoms with Crippen LogP contribution in [-0.4, -0.2) is 32.0 Å². The second kappa shape index (κ2) is 6.86. The first-order valence-corrected chi connectivity index (χ1v) is 8.59. The van der Waals surface area contributed by atoms with E-state index in [0.717, 1.165) is 22.6 Å². The van der Waals surface area contributed by atoms with E-state index in [4.69, 9.17) is 14.2 Å². The Morgan fingerprint density at radius 2 is 1.84 bits per heavy atom. The van der Waals surface area contributed by atoms with Gasteiger partial charge in [-0.3, -0.25) is 4.79 Å². The SMILES string of the molecule is Cc1ccc2c(c1)OC(c1ccccc1)C(=O)N2CCC1OCCO1. The Morgan fingerprint density at radius 3 is 2.60 bits per heavy atom. The zero-order chi connectivity index (χ0) is 17.2. The molecule has 0 N–H and O–H groups in total. The average Bonchev–Trinajstić information content (AvgIpc) is 3.15. The minimum Gasteiger partial charge on any atom is -0.474 e. The van der Waals surface area contributed by atoms with Crippen LogP contribution in [0.5, 0.6) is 5.75 Å². The summed E-state index contributed by atoms with van der Waals surface area (Å²) in [4.78, 5) is 14.9. The summed E-state index contributed by atoms with van der Waals surface area (Å²) in [5, 5.41) is 0. The molecule has 5 nitrogen and oxygen atoms in total. The van der Waals surface area contributed by atoms with Crippen LogP contribution in [0.15, 0.2) is 48.5 Å². The van der Waals surface area contributed by atoms with Crippen molar-refractivity contribution in [3.8, 4) is 5.75 Å². The van der Waals surface area contributed by atoms with Crippen molar-refractivity contribution in [1.82, 2.24) is 0 Å². The molecule has 25 heavy (non-hydrogen) atoms. The molecule has 2 aliphatic rings. The molecule has 2 aliphatic heterocycles. The van der Waals surface area contributed by atoms with E-state index in [1.165, 1.54) is 0 Å². The molecule has 0 aromatic heterocycles. The lowest BCUT2D eigenvalue weighted by Crippen LogP contribution is -2.42. The van der Waals surface area contributed by atoms with Crippen molar-refractivity contribution in [2.75, 3.05) is 24.7 Å². The Bertz CT molecular complexity index is 756. The average molecular weight is 339 g/mol. The van der Waals surface area contributed by atoms with Crippen molar-refractivity contribution < 1.29 is 19.0 Å². The maximum absolute atomic E-state index is 13.1. The van der Waals surface area contributed by atoms with Crippen LogP contribution in [-0.2, 0) is 14.3 Å². The second-order valence-electron chi connectivity index (χ2n) is 6.33. The fraction of sp³-hybridized carbons (Fsp3) is 0.350. The van der Waals surface area contributed by atoms with Gasteiger partial charge in [0, 0.05) is 18.5 Å². The van der Waals surface area contributed by atoms with Crippen LogP contribution < -0.4 is 9.64 Å². The zero-order valence-electron chi connectivity index (χ0n) is 14.2. The molecule has 1 fully saturated rings. The van der Waals surface area contributed by atoms with Crippen LogP contribution in [0.3, 0.4) is 0 Å². The van der Waals surface area contributed by atoms with Crippen molar-refractivity contribution >= 4 is 11.6 Å². The Balaban J connectivity index is 1.64. The third-order valence-electron chi connectivity index (χ3n) is 4.52. The third kappa shape index (κ3) is 3.25. The number of rotatable bonds is 4. The molecule has 2 aromatic carbocycles. The Morgan fingerprint density at radius 1 is 1.08 bits per heavy atom. The maximum Gasteiger partial charge on any atom is 0.272 e. The Labute approximate surface area is 147 Å². The van der Waals surface area contributed by atoms with Gasteiger partial charge in [0.2, 0.25) is 6.10 Å². The van der Waals surface area contributed by atoms with Gasteiger partial charge in [-0.1, -0.05) is 36.4 Å². The molecule has 130 valence electrons. The van der Waals surface area contributed by atoms with Crippen molar-refractivity contribution in [2.24, 2.45) is 0 Å². The van der Waals surface area contributed by atoms with Gasteiger partial charge in [-0.2, -0.15) is 0 Å². The highest BCUT2D eigenvalue weighted by atomic mass is 16.7. The molecule has 5 heteroatoms. The molecular formula is C20H21NO4. The molecule has 1 saturated heterocycles. The van der Waals surface area contributed by atoms with Gasteiger partial charge in [0.25, 0.3) is 5.91 Å². The van der Waals surface area contributed by atoms with Crippen molar-refractivity contribution in [3.05, 3.63) is 59.7 Å². The minimum atomic E-state index is -0.624. The number of amides is 1. The first kappa shape index (κ1) is 16.1. The molecule has 4 rings (SSSR count). The minimum absolute atomic E-state index is 0.0550. The van der Waals surface area contributed by atoms with E-state index in [0.29, 0.717) is 26.2 Å². The maximum atomic E-state index is 13.1. The molecule has 2 aromatic rings. The fourth-order valence-corrected chi connectivity index (χ4v) is 3.25. The number of hydrogen-bond donors (Lipinski definition) is 0. The fourth-order valence-electron chi connectivity index (χ4n) is 3.25. The van der Waals surface area contributed by atoms with Crippen LogP contribution in [0.4, 0.5) is 5.69 Å². The van der Waals surface area contributed by atoms with Gasteiger partial charge in [0.15, 0.2) is 6.29 Å². The highest BCUT2D eigenvalue weighted by molar-refractivity contribution is 6.00. The number of aryl methyl sites for hydroxylation is 1. The highest BCUT2D eigenvalue weighted by Gasteiger charge is 2.36. The number of hydrogen-bond acceptors (Lipinski definition) is 4. The van der Waals surface area contributed by atoms with Gasteiger partial charge in [-0.05, 0) is 24.6 Å². The first-order valence-electron chi connectivity index (χ1n) is 8.59. The summed E-state index contributed by atoms with van der Waals surface area (Å²) in [6.45, 7) is 3.78. The van der Waals surface area contributed by atoms with Crippen molar-refractivity contribution in [1.29, 1.82) is 0 Å².